The lowest BCUT2D eigenvalue weighted by Gasteiger charge is -2.17. The first-order valence-corrected chi connectivity index (χ1v) is 6.71. The molecule has 0 aromatic heterocycles. The summed E-state index contributed by atoms with van der Waals surface area (Å²) in [7, 11) is 0. The molecule has 2 aromatic carbocycles. The quantitative estimate of drug-likeness (QED) is 0.839. The van der Waals surface area contributed by atoms with Crippen LogP contribution in [0.15, 0.2) is 46.9 Å². The Hall–Kier alpha value is -1.99. The van der Waals surface area contributed by atoms with Gasteiger partial charge in [0.1, 0.15) is 6.07 Å². The van der Waals surface area contributed by atoms with Crippen molar-refractivity contribution in [2.45, 2.75) is 13.0 Å². The molecule has 0 aliphatic carbocycles. The molecule has 0 aliphatic rings. The first-order chi connectivity index (χ1) is 9.11. The average molecular weight is 316 g/mol. The fourth-order valence-corrected chi connectivity index (χ4v) is 2.12. The minimum absolute atomic E-state index is 0.115. The van der Waals surface area contributed by atoms with Crippen LogP contribution in [0.4, 0.5) is 11.4 Å². The molecule has 0 saturated heterocycles. The van der Waals surface area contributed by atoms with E-state index in [0.29, 0.717) is 11.3 Å². The first kappa shape index (κ1) is 13.4. The van der Waals surface area contributed by atoms with Gasteiger partial charge >= 0.3 is 0 Å². The molecule has 0 saturated carbocycles. The maximum atomic E-state index is 8.96. The number of nitrogens with two attached hydrogens (primary N) is 1. The summed E-state index contributed by atoms with van der Waals surface area (Å²) in [5.74, 6) is 0. The molecule has 0 spiro atoms. The molecule has 1 unspecified atom stereocenters. The summed E-state index contributed by atoms with van der Waals surface area (Å²) in [6.45, 7) is 2.06. The normalized spacial score (nSPS) is 11.6. The van der Waals surface area contributed by atoms with E-state index < -0.39 is 0 Å². The first-order valence-electron chi connectivity index (χ1n) is 5.92. The second-order valence-electron chi connectivity index (χ2n) is 4.30. The van der Waals surface area contributed by atoms with Crippen LogP contribution in [-0.4, -0.2) is 0 Å². The minimum Gasteiger partial charge on any atom is -0.396 e. The molecule has 2 aromatic rings. The molecule has 19 heavy (non-hydrogen) atoms. The predicted molar refractivity (Wildman–Crippen MR) is 81.7 cm³/mol. The number of para-hydroxylation sites is 1. The number of nitriles is 1. The molecular formula is C15H14BrN3. The average Bonchev–Trinajstić information content (AvgIpc) is 2.42. The van der Waals surface area contributed by atoms with Gasteiger partial charge in [0, 0.05) is 10.5 Å². The number of nitrogens with one attached hydrogen (secondary N) is 1. The molecule has 0 aliphatic heterocycles. The van der Waals surface area contributed by atoms with Crippen LogP contribution in [0.2, 0.25) is 0 Å². The van der Waals surface area contributed by atoms with E-state index >= 15 is 0 Å². The summed E-state index contributed by atoms with van der Waals surface area (Å²) in [5.41, 5.74) is 8.88. The van der Waals surface area contributed by atoms with Gasteiger partial charge in [0.25, 0.3) is 0 Å². The van der Waals surface area contributed by atoms with E-state index in [-0.39, 0.29) is 6.04 Å². The van der Waals surface area contributed by atoms with Crippen molar-refractivity contribution in [3.05, 3.63) is 58.1 Å². The highest BCUT2D eigenvalue weighted by Crippen LogP contribution is 2.27. The fraction of sp³-hybridized carbons (Fsp3) is 0.133. The molecule has 96 valence electrons. The number of rotatable bonds is 3. The van der Waals surface area contributed by atoms with Gasteiger partial charge in [0.05, 0.1) is 16.9 Å². The van der Waals surface area contributed by atoms with Gasteiger partial charge in [-0.05, 0) is 36.8 Å². The van der Waals surface area contributed by atoms with Crippen molar-refractivity contribution >= 4 is 27.3 Å². The number of anilines is 2. The summed E-state index contributed by atoms with van der Waals surface area (Å²) in [6, 6.07) is 15.7. The lowest BCUT2D eigenvalue weighted by atomic mass is 10.1. The molecule has 0 amide bonds. The third kappa shape index (κ3) is 3.07. The van der Waals surface area contributed by atoms with E-state index in [1.807, 2.05) is 36.4 Å². The minimum atomic E-state index is 0.115. The molecule has 3 nitrogen and oxygen atoms in total. The standard InChI is InChI=1S/C15H14BrN3/c1-10(11-5-7-13(16)8-6-11)19-14-4-2-3-12(9-17)15(14)18/h2-8,10,19H,18H2,1H3. The number of hydrogen-bond donors (Lipinski definition) is 2. The fourth-order valence-electron chi connectivity index (χ4n) is 1.86. The number of nitrogens with zero attached hydrogens (tertiary/aromatic N) is 1. The summed E-state index contributed by atoms with van der Waals surface area (Å²) < 4.78 is 1.05. The Labute approximate surface area is 121 Å². The van der Waals surface area contributed by atoms with Crippen LogP contribution in [0.25, 0.3) is 0 Å². The van der Waals surface area contributed by atoms with Gasteiger partial charge in [-0.2, -0.15) is 5.26 Å². The van der Waals surface area contributed by atoms with Gasteiger partial charge in [0.15, 0.2) is 0 Å². The molecule has 2 rings (SSSR count). The zero-order valence-corrected chi connectivity index (χ0v) is 12.1. The van der Waals surface area contributed by atoms with Crippen LogP contribution in [-0.2, 0) is 0 Å². The van der Waals surface area contributed by atoms with Crippen molar-refractivity contribution < 1.29 is 0 Å². The van der Waals surface area contributed by atoms with E-state index in [1.165, 1.54) is 0 Å². The number of benzene rings is 2. The molecule has 0 heterocycles. The highest BCUT2D eigenvalue weighted by Gasteiger charge is 2.09. The highest BCUT2D eigenvalue weighted by molar-refractivity contribution is 9.10. The summed E-state index contributed by atoms with van der Waals surface area (Å²) in [5, 5.41) is 12.3. The second kappa shape index (κ2) is 5.77. The van der Waals surface area contributed by atoms with Crippen LogP contribution in [0.3, 0.4) is 0 Å². The number of hydrogen-bond acceptors (Lipinski definition) is 3. The Morgan fingerprint density at radius 2 is 1.89 bits per heavy atom. The Balaban J connectivity index is 2.22. The van der Waals surface area contributed by atoms with Crippen LogP contribution in [0.5, 0.6) is 0 Å². The van der Waals surface area contributed by atoms with Gasteiger partial charge in [0.2, 0.25) is 0 Å². The third-order valence-electron chi connectivity index (χ3n) is 2.97. The number of halogens is 1. The van der Waals surface area contributed by atoms with Gasteiger partial charge in [-0.15, -0.1) is 0 Å². The zero-order valence-electron chi connectivity index (χ0n) is 10.5. The predicted octanol–water partition coefficient (Wildman–Crippen LogP) is 4.08. The summed E-state index contributed by atoms with van der Waals surface area (Å²) in [6.07, 6.45) is 0. The van der Waals surface area contributed by atoms with Gasteiger partial charge in [-0.25, -0.2) is 0 Å². The molecular weight excluding hydrogens is 302 g/mol. The van der Waals surface area contributed by atoms with E-state index in [1.54, 1.807) is 6.07 Å². The van der Waals surface area contributed by atoms with Crippen LogP contribution in [0, 0.1) is 11.3 Å². The van der Waals surface area contributed by atoms with E-state index in [2.05, 4.69) is 34.2 Å². The van der Waals surface area contributed by atoms with Crippen LogP contribution < -0.4 is 11.1 Å². The molecule has 0 fully saturated rings. The van der Waals surface area contributed by atoms with Crippen molar-refractivity contribution in [2.24, 2.45) is 0 Å². The SMILES string of the molecule is CC(Nc1cccc(C#N)c1N)c1ccc(Br)cc1. The van der Waals surface area contributed by atoms with E-state index in [0.717, 1.165) is 15.7 Å². The maximum absolute atomic E-state index is 8.96. The monoisotopic (exact) mass is 315 g/mol. The molecule has 1 atom stereocenters. The summed E-state index contributed by atoms with van der Waals surface area (Å²) >= 11 is 3.42. The van der Waals surface area contributed by atoms with E-state index in [4.69, 9.17) is 11.0 Å². The van der Waals surface area contributed by atoms with Crippen molar-refractivity contribution in [3.63, 3.8) is 0 Å². The van der Waals surface area contributed by atoms with Crippen LogP contribution >= 0.6 is 15.9 Å². The van der Waals surface area contributed by atoms with Gasteiger partial charge in [-0.3, -0.25) is 0 Å². The van der Waals surface area contributed by atoms with Gasteiger partial charge < -0.3 is 11.1 Å². The molecule has 0 radical (unpaired) electrons. The number of nitrogen functional groups attached to an aromatic ring is 1. The lowest BCUT2D eigenvalue weighted by Crippen LogP contribution is -2.09. The smallest absolute Gasteiger partial charge is 0.101 e. The van der Waals surface area contributed by atoms with Gasteiger partial charge in [-0.1, -0.05) is 34.1 Å². The second-order valence-corrected chi connectivity index (χ2v) is 5.21. The molecule has 4 heteroatoms. The van der Waals surface area contributed by atoms with E-state index in [9.17, 15) is 0 Å². The Bertz CT molecular complexity index is 614. The van der Waals surface area contributed by atoms with Crippen molar-refractivity contribution in [1.29, 1.82) is 5.26 Å². The largest absolute Gasteiger partial charge is 0.396 e. The van der Waals surface area contributed by atoms with Crippen LogP contribution in [0.1, 0.15) is 24.1 Å². The highest BCUT2D eigenvalue weighted by atomic mass is 79.9. The molecule has 0 bridgehead atoms. The summed E-state index contributed by atoms with van der Waals surface area (Å²) in [4.78, 5) is 0. The van der Waals surface area contributed by atoms with Crippen molar-refractivity contribution in [1.82, 2.24) is 0 Å². The molecule has 3 N–H and O–H groups in total. The maximum Gasteiger partial charge on any atom is 0.101 e. The van der Waals surface area contributed by atoms with Crippen molar-refractivity contribution in [2.75, 3.05) is 11.1 Å². The third-order valence-corrected chi connectivity index (χ3v) is 3.50. The lowest BCUT2D eigenvalue weighted by molar-refractivity contribution is 0.885. The zero-order chi connectivity index (χ0) is 13.8. The van der Waals surface area contributed by atoms with Crippen molar-refractivity contribution in [3.8, 4) is 6.07 Å². The Morgan fingerprint density at radius 3 is 2.53 bits per heavy atom. The topological polar surface area (TPSA) is 61.8 Å². The Morgan fingerprint density at radius 1 is 1.21 bits per heavy atom. The Kier molecular flexibility index (Phi) is 4.08.